The van der Waals surface area contributed by atoms with Gasteiger partial charge in [0.05, 0.1) is 23.8 Å². The second kappa shape index (κ2) is 6.83. The second-order valence-electron chi connectivity index (χ2n) is 7.18. The van der Waals surface area contributed by atoms with E-state index in [2.05, 4.69) is 25.5 Å². The zero-order chi connectivity index (χ0) is 19.1. The smallest absolute Gasteiger partial charge is 0.252 e. The van der Waals surface area contributed by atoms with Crippen molar-refractivity contribution in [1.29, 1.82) is 0 Å². The molecule has 2 aromatic heterocycles. The SMILES string of the molecule is Oc1cc(-n2ccnc2)ccc1-c1ncc(O[C@H]2CC3CCC(N3)[C@H]2F)nn1. The van der Waals surface area contributed by atoms with Crippen molar-refractivity contribution in [1.82, 2.24) is 30.0 Å². The molecule has 9 heteroatoms. The first-order valence-electron chi connectivity index (χ1n) is 9.25. The van der Waals surface area contributed by atoms with Gasteiger partial charge < -0.3 is 19.7 Å². The van der Waals surface area contributed by atoms with E-state index >= 15 is 0 Å². The summed E-state index contributed by atoms with van der Waals surface area (Å²) in [6.07, 6.45) is 7.31. The normalized spacial score (nSPS) is 26.3. The average Bonchev–Trinajstić information content (AvgIpc) is 3.37. The highest BCUT2D eigenvalue weighted by atomic mass is 19.1. The molecule has 8 nitrogen and oxygen atoms in total. The number of hydrogen-bond acceptors (Lipinski definition) is 7. The fraction of sp³-hybridized carbons (Fsp3) is 0.368. The Morgan fingerprint density at radius 3 is 2.93 bits per heavy atom. The third kappa shape index (κ3) is 3.07. The first-order chi connectivity index (χ1) is 13.7. The largest absolute Gasteiger partial charge is 0.507 e. The third-order valence-corrected chi connectivity index (χ3v) is 5.37. The summed E-state index contributed by atoms with van der Waals surface area (Å²) in [5.41, 5.74) is 1.22. The summed E-state index contributed by atoms with van der Waals surface area (Å²) >= 11 is 0. The highest BCUT2D eigenvalue weighted by Crippen LogP contribution is 2.32. The average molecular weight is 382 g/mol. The highest BCUT2D eigenvalue weighted by molar-refractivity contribution is 5.65. The molecular formula is C19H19FN6O2. The Labute approximate surface area is 160 Å². The minimum absolute atomic E-state index is 0.0282. The van der Waals surface area contributed by atoms with Crippen LogP contribution in [0.3, 0.4) is 0 Å². The van der Waals surface area contributed by atoms with E-state index in [0.717, 1.165) is 18.5 Å². The summed E-state index contributed by atoms with van der Waals surface area (Å²) in [4.78, 5) is 8.22. The minimum Gasteiger partial charge on any atom is -0.507 e. The molecule has 2 saturated heterocycles. The van der Waals surface area contributed by atoms with Gasteiger partial charge in [0, 0.05) is 37.0 Å². The molecule has 0 saturated carbocycles. The first-order valence-corrected chi connectivity index (χ1v) is 9.25. The van der Waals surface area contributed by atoms with E-state index in [0.29, 0.717) is 18.0 Å². The molecular weight excluding hydrogens is 363 g/mol. The van der Waals surface area contributed by atoms with Crippen LogP contribution in [0, 0.1) is 0 Å². The molecule has 2 aliphatic rings. The summed E-state index contributed by atoms with van der Waals surface area (Å²) < 4.78 is 22.0. The van der Waals surface area contributed by atoms with Crippen molar-refractivity contribution in [2.45, 2.75) is 43.6 Å². The maximum Gasteiger partial charge on any atom is 0.252 e. The lowest BCUT2D eigenvalue weighted by Crippen LogP contribution is -2.51. The van der Waals surface area contributed by atoms with E-state index in [1.165, 1.54) is 6.20 Å². The summed E-state index contributed by atoms with van der Waals surface area (Å²) in [7, 11) is 0. The number of benzene rings is 1. The number of fused-ring (bicyclic) bond motifs is 2. The van der Waals surface area contributed by atoms with Crippen LogP contribution in [0.2, 0.25) is 0 Å². The number of phenols is 1. The molecule has 4 atom stereocenters. The molecule has 2 unspecified atom stereocenters. The number of hydrogen-bond donors (Lipinski definition) is 2. The van der Waals surface area contributed by atoms with Gasteiger partial charge in [-0.1, -0.05) is 0 Å². The van der Waals surface area contributed by atoms with Gasteiger partial charge in [-0.15, -0.1) is 10.2 Å². The number of ether oxygens (including phenoxy) is 1. The number of nitrogens with zero attached hydrogens (tertiary/aromatic N) is 5. The topological polar surface area (TPSA) is 98.0 Å². The lowest BCUT2D eigenvalue weighted by atomic mass is 10.0. The van der Waals surface area contributed by atoms with Gasteiger partial charge in [-0.3, -0.25) is 0 Å². The molecule has 2 fully saturated rings. The molecule has 1 aromatic carbocycles. The number of aromatic hydroxyl groups is 1. The van der Waals surface area contributed by atoms with E-state index < -0.39 is 12.3 Å². The van der Waals surface area contributed by atoms with Crippen molar-refractivity contribution >= 4 is 0 Å². The number of halogens is 1. The summed E-state index contributed by atoms with van der Waals surface area (Å²) in [5, 5.41) is 21.7. The van der Waals surface area contributed by atoms with E-state index in [1.54, 1.807) is 35.4 Å². The van der Waals surface area contributed by atoms with Gasteiger partial charge in [-0.05, 0) is 25.0 Å². The number of phenolic OH excluding ortho intramolecular Hbond substituents is 1. The van der Waals surface area contributed by atoms with Gasteiger partial charge in [0.15, 0.2) is 12.0 Å². The van der Waals surface area contributed by atoms with Gasteiger partial charge >= 0.3 is 0 Å². The Morgan fingerprint density at radius 1 is 1.25 bits per heavy atom. The van der Waals surface area contributed by atoms with Crippen LogP contribution in [0.25, 0.3) is 17.1 Å². The number of nitrogens with one attached hydrogen (secondary N) is 1. The standard InChI is InChI=1S/C19H19FN6O2/c20-18-14-4-1-11(23-14)7-16(18)28-17-9-22-19(25-24-17)13-3-2-12(8-15(13)27)26-6-5-21-10-26/h2-3,5-6,8-11,14,16,18,23,27H,1,4,7H2/t11?,14?,16-,18+/m0/s1. The van der Waals surface area contributed by atoms with Crippen molar-refractivity contribution in [3.05, 3.63) is 43.1 Å². The molecule has 0 radical (unpaired) electrons. The van der Waals surface area contributed by atoms with Crippen LogP contribution in [0.4, 0.5) is 4.39 Å². The molecule has 2 N–H and O–H groups in total. The molecule has 5 rings (SSSR count). The fourth-order valence-electron chi connectivity index (χ4n) is 3.95. The number of piperidine rings is 1. The van der Waals surface area contributed by atoms with Crippen LogP contribution in [0.15, 0.2) is 43.1 Å². The van der Waals surface area contributed by atoms with Crippen LogP contribution in [-0.2, 0) is 0 Å². The minimum atomic E-state index is -1.07. The lowest BCUT2D eigenvalue weighted by molar-refractivity contribution is 0.0418. The maximum atomic E-state index is 14.5. The fourth-order valence-corrected chi connectivity index (χ4v) is 3.95. The number of alkyl halides is 1. The molecule has 0 aliphatic carbocycles. The summed E-state index contributed by atoms with van der Waals surface area (Å²) in [5.74, 6) is 0.483. The van der Waals surface area contributed by atoms with Crippen molar-refractivity contribution in [3.63, 3.8) is 0 Å². The van der Waals surface area contributed by atoms with Crippen LogP contribution in [0.5, 0.6) is 11.6 Å². The van der Waals surface area contributed by atoms with Gasteiger partial charge in [0.1, 0.15) is 11.9 Å². The molecule has 28 heavy (non-hydrogen) atoms. The Hall–Kier alpha value is -3.07. The molecule has 3 aromatic rings. The van der Waals surface area contributed by atoms with Crippen molar-refractivity contribution < 1.29 is 14.2 Å². The Kier molecular flexibility index (Phi) is 4.16. The van der Waals surface area contributed by atoms with Crippen molar-refractivity contribution in [2.75, 3.05) is 0 Å². The van der Waals surface area contributed by atoms with Crippen LogP contribution in [-0.4, -0.2) is 54.2 Å². The van der Waals surface area contributed by atoms with Gasteiger partial charge in [0.2, 0.25) is 0 Å². The zero-order valence-electron chi connectivity index (χ0n) is 14.9. The molecule has 0 amide bonds. The first kappa shape index (κ1) is 17.1. The Morgan fingerprint density at radius 2 is 2.18 bits per heavy atom. The zero-order valence-corrected chi connectivity index (χ0v) is 14.9. The molecule has 2 bridgehead atoms. The van der Waals surface area contributed by atoms with Crippen LogP contribution in [0.1, 0.15) is 19.3 Å². The molecule has 0 spiro atoms. The van der Waals surface area contributed by atoms with E-state index in [4.69, 9.17) is 4.74 Å². The molecule has 144 valence electrons. The predicted molar refractivity (Wildman–Crippen MR) is 97.9 cm³/mol. The summed E-state index contributed by atoms with van der Waals surface area (Å²) in [6.45, 7) is 0. The highest BCUT2D eigenvalue weighted by Gasteiger charge is 2.43. The Balaban J connectivity index is 1.32. The molecule has 2 aliphatic heterocycles. The van der Waals surface area contributed by atoms with Crippen LogP contribution < -0.4 is 10.1 Å². The quantitative estimate of drug-likeness (QED) is 0.712. The van der Waals surface area contributed by atoms with E-state index in [-0.39, 0.29) is 23.5 Å². The number of aromatic nitrogens is 5. The Bertz CT molecular complexity index is 965. The number of imidazole rings is 1. The second-order valence-corrected chi connectivity index (χ2v) is 7.18. The predicted octanol–water partition coefficient (Wildman–Crippen LogP) is 2.04. The van der Waals surface area contributed by atoms with Gasteiger partial charge in [0.25, 0.3) is 5.88 Å². The van der Waals surface area contributed by atoms with Crippen molar-refractivity contribution in [2.24, 2.45) is 0 Å². The molecule has 4 heterocycles. The monoisotopic (exact) mass is 382 g/mol. The summed E-state index contributed by atoms with van der Waals surface area (Å²) in [6, 6.07) is 5.29. The maximum absolute atomic E-state index is 14.5. The van der Waals surface area contributed by atoms with E-state index in [9.17, 15) is 9.50 Å². The van der Waals surface area contributed by atoms with E-state index in [1.807, 2.05) is 6.07 Å². The van der Waals surface area contributed by atoms with Crippen LogP contribution >= 0.6 is 0 Å². The third-order valence-electron chi connectivity index (χ3n) is 5.37. The van der Waals surface area contributed by atoms with Gasteiger partial charge in [-0.2, -0.15) is 0 Å². The lowest BCUT2D eigenvalue weighted by Gasteiger charge is -2.32. The van der Waals surface area contributed by atoms with Gasteiger partial charge in [-0.25, -0.2) is 14.4 Å². The van der Waals surface area contributed by atoms with Crippen molar-refractivity contribution in [3.8, 4) is 28.7 Å². The number of rotatable bonds is 4.